The number of ether oxygens (including phenoxy) is 3. The van der Waals surface area contributed by atoms with Gasteiger partial charge < -0.3 is 19.5 Å². The molecule has 0 saturated heterocycles. The van der Waals surface area contributed by atoms with Crippen molar-refractivity contribution < 1.29 is 23.4 Å². The van der Waals surface area contributed by atoms with E-state index >= 15 is 0 Å². The molecule has 1 amide bonds. The number of carbonyl (C=O) groups excluding carboxylic acids is 1. The number of aromatic nitrogens is 1. The van der Waals surface area contributed by atoms with Gasteiger partial charge in [-0.25, -0.2) is 4.39 Å². The molecule has 10 heteroatoms. The molecule has 0 saturated carbocycles. The largest absolute Gasteiger partial charge is 0.493 e. The van der Waals surface area contributed by atoms with E-state index in [1.165, 1.54) is 30.6 Å². The molecule has 0 atom stereocenters. The Labute approximate surface area is 198 Å². The summed E-state index contributed by atoms with van der Waals surface area (Å²) in [5, 5.41) is 9.33. The number of carbonyl (C=O) groups is 1. The number of anilines is 1. The number of rotatable bonds is 6. The number of benzene rings is 2. The minimum atomic E-state index is -0.600. The van der Waals surface area contributed by atoms with Crippen molar-refractivity contribution in [1.29, 1.82) is 0 Å². The van der Waals surface area contributed by atoms with Gasteiger partial charge in [-0.1, -0.05) is 0 Å². The van der Waals surface area contributed by atoms with Crippen LogP contribution >= 0.6 is 23.6 Å². The minimum absolute atomic E-state index is 0.0139. The number of thiocarbonyl (C=S) groups is 1. The second kappa shape index (κ2) is 9.80. The van der Waals surface area contributed by atoms with E-state index in [0.29, 0.717) is 33.7 Å². The number of hydrogen-bond acceptors (Lipinski definition) is 7. The predicted octanol–water partition coefficient (Wildman–Crippen LogP) is 5.37. The molecular formula is C23H18FN3O4S2. The molecule has 33 heavy (non-hydrogen) atoms. The standard InChI is InChI=1S/C23H18FN3O4S2/c1-29-20-10-15-18(11-21(20)30-2)25-7-5-19(15)31-14-3-4-17(16(24)9-14)26-23(32)27-22(28)13-6-8-33-12-13/h3-12H,1-2H3,(H2,26,27,28,32). The van der Waals surface area contributed by atoms with Crippen LogP contribution in [-0.4, -0.2) is 30.2 Å². The van der Waals surface area contributed by atoms with Crippen LogP contribution < -0.4 is 24.8 Å². The van der Waals surface area contributed by atoms with Crippen LogP contribution in [-0.2, 0) is 0 Å². The molecule has 4 aromatic rings. The van der Waals surface area contributed by atoms with Gasteiger partial charge in [0, 0.05) is 29.1 Å². The quantitative estimate of drug-likeness (QED) is 0.357. The summed E-state index contributed by atoms with van der Waals surface area (Å²) >= 11 is 6.51. The minimum Gasteiger partial charge on any atom is -0.493 e. The van der Waals surface area contributed by atoms with Gasteiger partial charge in [-0.3, -0.25) is 15.1 Å². The lowest BCUT2D eigenvalue weighted by Gasteiger charge is -2.13. The first kappa shape index (κ1) is 22.4. The van der Waals surface area contributed by atoms with Crippen molar-refractivity contribution in [2.45, 2.75) is 0 Å². The smallest absolute Gasteiger partial charge is 0.258 e. The monoisotopic (exact) mass is 483 g/mol. The van der Waals surface area contributed by atoms with Crippen LogP contribution in [0.2, 0.25) is 0 Å². The SMILES string of the molecule is COc1cc2nccc(Oc3ccc(NC(=S)NC(=O)c4ccsc4)c(F)c3)c2cc1OC. The Morgan fingerprint density at radius 3 is 2.55 bits per heavy atom. The number of thiophene rings is 1. The van der Waals surface area contributed by atoms with Crippen LogP contribution in [0, 0.1) is 5.82 Å². The zero-order valence-electron chi connectivity index (χ0n) is 17.5. The highest BCUT2D eigenvalue weighted by atomic mass is 32.1. The summed E-state index contributed by atoms with van der Waals surface area (Å²) in [7, 11) is 3.08. The lowest BCUT2D eigenvalue weighted by atomic mass is 10.2. The van der Waals surface area contributed by atoms with Gasteiger partial charge in [0.25, 0.3) is 5.91 Å². The van der Waals surface area contributed by atoms with Crippen molar-refractivity contribution in [3.8, 4) is 23.0 Å². The van der Waals surface area contributed by atoms with Crippen LogP contribution in [0.4, 0.5) is 10.1 Å². The van der Waals surface area contributed by atoms with E-state index < -0.39 is 5.82 Å². The van der Waals surface area contributed by atoms with Gasteiger partial charge in [0.1, 0.15) is 17.3 Å². The highest BCUT2D eigenvalue weighted by molar-refractivity contribution is 7.80. The summed E-state index contributed by atoms with van der Waals surface area (Å²) in [6.07, 6.45) is 1.59. The molecule has 168 valence electrons. The van der Waals surface area contributed by atoms with Crippen LogP contribution in [0.15, 0.2) is 59.4 Å². The van der Waals surface area contributed by atoms with Crippen molar-refractivity contribution in [2.24, 2.45) is 0 Å². The molecule has 7 nitrogen and oxygen atoms in total. The van der Waals surface area contributed by atoms with Gasteiger partial charge in [-0.2, -0.15) is 11.3 Å². The van der Waals surface area contributed by atoms with Crippen molar-refractivity contribution in [1.82, 2.24) is 10.3 Å². The molecule has 0 aliphatic heterocycles. The average molecular weight is 484 g/mol. The third kappa shape index (κ3) is 5.02. The Kier molecular flexibility index (Phi) is 6.66. The number of hydrogen-bond donors (Lipinski definition) is 2. The maximum atomic E-state index is 14.7. The summed E-state index contributed by atoms with van der Waals surface area (Å²) in [6, 6.07) is 11.1. The highest BCUT2D eigenvalue weighted by Crippen LogP contribution is 2.37. The summed E-state index contributed by atoms with van der Waals surface area (Å²) in [4.78, 5) is 16.4. The first-order chi connectivity index (χ1) is 16.0. The van der Waals surface area contributed by atoms with Crippen LogP contribution in [0.5, 0.6) is 23.0 Å². The van der Waals surface area contributed by atoms with Crippen molar-refractivity contribution in [3.63, 3.8) is 0 Å². The molecule has 2 aromatic carbocycles. The maximum absolute atomic E-state index is 14.7. The van der Waals surface area contributed by atoms with E-state index in [9.17, 15) is 9.18 Å². The second-order valence-corrected chi connectivity index (χ2v) is 7.89. The summed E-state index contributed by atoms with van der Waals surface area (Å²) < 4.78 is 31.3. The van der Waals surface area contributed by atoms with E-state index in [4.69, 9.17) is 26.4 Å². The van der Waals surface area contributed by atoms with Gasteiger partial charge in [-0.05, 0) is 47.9 Å². The molecule has 0 aliphatic rings. The summed E-state index contributed by atoms with van der Waals surface area (Å²) in [6.45, 7) is 0. The predicted molar refractivity (Wildman–Crippen MR) is 129 cm³/mol. The number of fused-ring (bicyclic) bond motifs is 1. The lowest BCUT2D eigenvalue weighted by Crippen LogP contribution is -2.34. The van der Waals surface area contributed by atoms with Crippen molar-refractivity contribution >= 4 is 51.2 Å². The fraction of sp³-hybridized carbons (Fsp3) is 0.0870. The van der Waals surface area contributed by atoms with E-state index in [2.05, 4.69) is 15.6 Å². The van der Waals surface area contributed by atoms with Gasteiger partial charge in [-0.15, -0.1) is 0 Å². The molecule has 2 N–H and O–H groups in total. The van der Waals surface area contributed by atoms with Crippen molar-refractivity contribution in [3.05, 3.63) is 70.8 Å². The first-order valence-electron chi connectivity index (χ1n) is 9.61. The van der Waals surface area contributed by atoms with Crippen LogP contribution in [0.1, 0.15) is 10.4 Å². The molecule has 0 bridgehead atoms. The Hall–Kier alpha value is -3.76. The number of nitrogens with zero attached hydrogens (tertiary/aromatic N) is 1. The molecule has 0 fully saturated rings. The average Bonchev–Trinajstić information content (AvgIpc) is 3.35. The Balaban J connectivity index is 1.51. The van der Waals surface area contributed by atoms with Gasteiger partial charge in [0.15, 0.2) is 16.6 Å². The molecule has 0 radical (unpaired) electrons. The fourth-order valence-electron chi connectivity index (χ4n) is 3.05. The molecule has 0 unspecified atom stereocenters. The Morgan fingerprint density at radius 1 is 1.06 bits per heavy atom. The van der Waals surface area contributed by atoms with Crippen molar-refractivity contribution in [2.75, 3.05) is 19.5 Å². The number of pyridine rings is 1. The van der Waals surface area contributed by atoms with Crippen LogP contribution in [0.25, 0.3) is 10.9 Å². The third-order valence-electron chi connectivity index (χ3n) is 4.63. The maximum Gasteiger partial charge on any atom is 0.258 e. The Morgan fingerprint density at radius 2 is 1.85 bits per heavy atom. The number of amides is 1. The molecular weight excluding hydrogens is 465 g/mol. The molecule has 4 rings (SSSR count). The van der Waals surface area contributed by atoms with Gasteiger partial charge >= 0.3 is 0 Å². The van der Waals surface area contributed by atoms with Gasteiger partial charge in [0.2, 0.25) is 0 Å². The second-order valence-electron chi connectivity index (χ2n) is 6.70. The highest BCUT2D eigenvalue weighted by Gasteiger charge is 2.14. The number of methoxy groups -OCH3 is 2. The molecule has 2 heterocycles. The summed E-state index contributed by atoms with van der Waals surface area (Å²) in [5.74, 6) is 0.834. The van der Waals surface area contributed by atoms with Gasteiger partial charge in [0.05, 0.1) is 31.0 Å². The third-order valence-corrected chi connectivity index (χ3v) is 5.52. The zero-order chi connectivity index (χ0) is 23.4. The van der Waals surface area contributed by atoms with E-state index in [-0.39, 0.29) is 22.5 Å². The normalized spacial score (nSPS) is 10.5. The van der Waals surface area contributed by atoms with E-state index in [1.54, 1.807) is 54.4 Å². The van der Waals surface area contributed by atoms with Crippen LogP contribution in [0.3, 0.4) is 0 Å². The lowest BCUT2D eigenvalue weighted by molar-refractivity contribution is 0.0978. The number of halogens is 1. The van der Waals surface area contributed by atoms with E-state index in [1.807, 2.05) is 0 Å². The molecule has 0 aliphatic carbocycles. The molecule has 0 spiro atoms. The fourth-order valence-corrected chi connectivity index (χ4v) is 3.89. The Bertz CT molecular complexity index is 1330. The number of nitrogens with one attached hydrogen (secondary N) is 2. The first-order valence-corrected chi connectivity index (χ1v) is 11.0. The zero-order valence-corrected chi connectivity index (χ0v) is 19.2. The summed E-state index contributed by atoms with van der Waals surface area (Å²) in [5.41, 5.74) is 1.21. The topological polar surface area (TPSA) is 81.7 Å². The van der Waals surface area contributed by atoms with E-state index in [0.717, 1.165) is 0 Å². The molecule has 2 aromatic heterocycles.